The number of nitrogens with two attached hydrogens (primary N) is 1. The summed E-state index contributed by atoms with van der Waals surface area (Å²) in [5.74, 6) is 0.350. The smallest absolute Gasteiger partial charge is 0.347 e. The van der Waals surface area contributed by atoms with Crippen LogP contribution in [0.15, 0.2) is 18.2 Å². The van der Waals surface area contributed by atoms with Crippen molar-refractivity contribution in [3.05, 3.63) is 29.3 Å². The van der Waals surface area contributed by atoms with Crippen LogP contribution in [-0.4, -0.2) is 25.2 Å². The van der Waals surface area contributed by atoms with Crippen LogP contribution in [0.5, 0.6) is 5.75 Å². The molecule has 0 aromatic heterocycles. The molecule has 0 radical (unpaired) electrons. The third-order valence-corrected chi connectivity index (χ3v) is 2.55. The van der Waals surface area contributed by atoms with E-state index in [4.69, 9.17) is 15.2 Å². The fourth-order valence-electron chi connectivity index (χ4n) is 1.67. The van der Waals surface area contributed by atoms with Crippen LogP contribution in [0.3, 0.4) is 0 Å². The zero-order chi connectivity index (χ0) is 13.5. The van der Waals surface area contributed by atoms with Crippen molar-refractivity contribution in [2.75, 3.05) is 13.2 Å². The van der Waals surface area contributed by atoms with E-state index in [0.717, 1.165) is 17.5 Å². The molecular formula is C14H21NO3. The Kier molecular flexibility index (Phi) is 5.65. The third kappa shape index (κ3) is 4.04. The molecule has 0 aliphatic rings. The van der Waals surface area contributed by atoms with E-state index in [2.05, 4.69) is 0 Å². The maximum absolute atomic E-state index is 11.5. The number of aryl methyl sites for hydroxylation is 1. The Morgan fingerprint density at radius 2 is 2.17 bits per heavy atom. The van der Waals surface area contributed by atoms with Crippen LogP contribution in [0.25, 0.3) is 0 Å². The van der Waals surface area contributed by atoms with Gasteiger partial charge in [-0.3, -0.25) is 0 Å². The first-order valence-corrected chi connectivity index (χ1v) is 6.21. The zero-order valence-corrected chi connectivity index (χ0v) is 11.2. The van der Waals surface area contributed by atoms with E-state index in [1.807, 2.05) is 25.1 Å². The van der Waals surface area contributed by atoms with Gasteiger partial charge in [-0.15, -0.1) is 0 Å². The molecular weight excluding hydrogens is 230 g/mol. The van der Waals surface area contributed by atoms with Gasteiger partial charge in [0.1, 0.15) is 5.75 Å². The summed E-state index contributed by atoms with van der Waals surface area (Å²) < 4.78 is 10.5. The lowest BCUT2D eigenvalue weighted by Gasteiger charge is -2.16. The lowest BCUT2D eigenvalue weighted by atomic mass is 10.1. The monoisotopic (exact) mass is 251 g/mol. The largest absolute Gasteiger partial charge is 0.479 e. The molecule has 2 N–H and O–H groups in total. The highest BCUT2D eigenvalue weighted by Gasteiger charge is 2.17. The molecule has 4 nitrogen and oxygen atoms in total. The Hall–Kier alpha value is -1.55. The minimum absolute atomic E-state index is 0.350. The molecule has 18 heavy (non-hydrogen) atoms. The highest BCUT2D eigenvalue weighted by Crippen LogP contribution is 2.21. The van der Waals surface area contributed by atoms with Gasteiger partial charge in [0, 0.05) is 0 Å². The lowest BCUT2D eigenvalue weighted by molar-refractivity contribution is -0.150. The molecule has 1 unspecified atom stereocenters. The van der Waals surface area contributed by atoms with Crippen LogP contribution < -0.4 is 10.5 Å². The molecule has 0 saturated carbocycles. The second-order valence-electron chi connectivity index (χ2n) is 4.16. The zero-order valence-electron chi connectivity index (χ0n) is 11.2. The molecule has 1 atom stereocenters. The van der Waals surface area contributed by atoms with Crippen molar-refractivity contribution in [1.82, 2.24) is 0 Å². The number of rotatable bonds is 6. The van der Waals surface area contributed by atoms with Gasteiger partial charge >= 0.3 is 5.97 Å². The SMILES string of the molecule is CCOC(=O)C(C)Oc1ccc(C)cc1CCN. The first-order valence-electron chi connectivity index (χ1n) is 6.21. The molecule has 0 bridgehead atoms. The van der Waals surface area contributed by atoms with Gasteiger partial charge in [-0.25, -0.2) is 4.79 Å². The summed E-state index contributed by atoms with van der Waals surface area (Å²) in [5, 5.41) is 0. The van der Waals surface area contributed by atoms with Crippen LogP contribution in [0.4, 0.5) is 0 Å². The van der Waals surface area contributed by atoms with Crippen molar-refractivity contribution < 1.29 is 14.3 Å². The second kappa shape index (κ2) is 7.01. The Balaban J connectivity index is 2.79. The van der Waals surface area contributed by atoms with E-state index in [9.17, 15) is 4.79 Å². The first kappa shape index (κ1) is 14.5. The summed E-state index contributed by atoms with van der Waals surface area (Å²) >= 11 is 0. The minimum atomic E-state index is -0.607. The van der Waals surface area contributed by atoms with Crippen LogP contribution in [0.2, 0.25) is 0 Å². The Morgan fingerprint density at radius 3 is 2.78 bits per heavy atom. The van der Waals surface area contributed by atoms with Gasteiger partial charge in [-0.1, -0.05) is 17.7 Å². The Bertz CT molecular complexity index is 404. The number of esters is 1. The van der Waals surface area contributed by atoms with Crippen molar-refractivity contribution in [1.29, 1.82) is 0 Å². The van der Waals surface area contributed by atoms with Gasteiger partial charge in [0.25, 0.3) is 0 Å². The topological polar surface area (TPSA) is 61.5 Å². The summed E-state index contributed by atoms with van der Waals surface area (Å²) in [6.45, 7) is 6.38. The number of hydrogen-bond donors (Lipinski definition) is 1. The van der Waals surface area contributed by atoms with E-state index in [1.54, 1.807) is 13.8 Å². The van der Waals surface area contributed by atoms with E-state index in [0.29, 0.717) is 18.9 Å². The van der Waals surface area contributed by atoms with Gasteiger partial charge in [0.05, 0.1) is 6.61 Å². The number of benzene rings is 1. The van der Waals surface area contributed by atoms with Gasteiger partial charge in [-0.2, -0.15) is 0 Å². The van der Waals surface area contributed by atoms with Gasteiger partial charge in [0.2, 0.25) is 0 Å². The van der Waals surface area contributed by atoms with Crippen LogP contribution in [-0.2, 0) is 16.0 Å². The predicted molar refractivity (Wildman–Crippen MR) is 70.7 cm³/mol. The van der Waals surface area contributed by atoms with Crippen LogP contribution >= 0.6 is 0 Å². The molecule has 100 valence electrons. The maximum Gasteiger partial charge on any atom is 0.347 e. The Morgan fingerprint density at radius 1 is 1.44 bits per heavy atom. The van der Waals surface area contributed by atoms with Crippen molar-refractivity contribution in [2.24, 2.45) is 5.73 Å². The first-order chi connectivity index (χ1) is 8.58. The van der Waals surface area contributed by atoms with E-state index < -0.39 is 6.10 Å². The summed E-state index contributed by atoms with van der Waals surface area (Å²) in [5.41, 5.74) is 7.74. The van der Waals surface area contributed by atoms with Gasteiger partial charge in [0.15, 0.2) is 6.10 Å². The van der Waals surface area contributed by atoms with Crippen molar-refractivity contribution in [3.8, 4) is 5.75 Å². The maximum atomic E-state index is 11.5. The molecule has 0 fully saturated rings. The fourth-order valence-corrected chi connectivity index (χ4v) is 1.67. The quantitative estimate of drug-likeness (QED) is 0.783. The molecule has 1 aromatic rings. The number of ether oxygens (including phenoxy) is 2. The molecule has 0 amide bonds. The van der Waals surface area contributed by atoms with E-state index in [1.165, 1.54) is 0 Å². The summed E-state index contributed by atoms with van der Waals surface area (Å²) in [7, 11) is 0. The van der Waals surface area contributed by atoms with Crippen molar-refractivity contribution in [3.63, 3.8) is 0 Å². The van der Waals surface area contributed by atoms with Crippen LogP contribution in [0, 0.1) is 6.92 Å². The molecule has 1 rings (SSSR count). The molecule has 0 saturated heterocycles. The summed E-state index contributed by atoms with van der Waals surface area (Å²) in [6.07, 6.45) is 0.121. The predicted octanol–water partition coefficient (Wildman–Crippen LogP) is 1.83. The number of carbonyl (C=O) groups excluding carboxylic acids is 1. The number of carbonyl (C=O) groups is 1. The van der Waals surface area contributed by atoms with E-state index >= 15 is 0 Å². The van der Waals surface area contributed by atoms with Gasteiger partial charge in [-0.05, 0) is 45.4 Å². The molecule has 0 spiro atoms. The third-order valence-electron chi connectivity index (χ3n) is 2.55. The standard InChI is InChI=1S/C14H21NO3/c1-4-17-14(16)11(3)18-13-6-5-10(2)9-12(13)7-8-15/h5-6,9,11H,4,7-8,15H2,1-3H3. The highest BCUT2D eigenvalue weighted by atomic mass is 16.6. The normalized spacial score (nSPS) is 12.0. The average Bonchev–Trinajstić information content (AvgIpc) is 2.33. The second-order valence-corrected chi connectivity index (χ2v) is 4.16. The van der Waals surface area contributed by atoms with Crippen LogP contribution in [0.1, 0.15) is 25.0 Å². The average molecular weight is 251 g/mol. The van der Waals surface area contributed by atoms with Crippen molar-refractivity contribution in [2.45, 2.75) is 33.3 Å². The summed E-state index contributed by atoms with van der Waals surface area (Å²) in [6, 6.07) is 5.85. The molecule has 1 aromatic carbocycles. The molecule has 4 heteroatoms. The van der Waals surface area contributed by atoms with E-state index in [-0.39, 0.29) is 5.97 Å². The molecule has 0 aliphatic carbocycles. The Labute approximate surface area is 108 Å². The summed E-state index contributed by atoms with van der Waals surface area (Å²) in [4.78, 5) is 11.5. The lowest BCUT2D eigenvalue weighted by Crippen LogP contribution is -2.26. The number of hydrogen-bond acceptors (Lipinski definition) is 4. The fraction of sp³-hybridized carbons (Fsp3) is 0.500. The molecule has 0 aliphatic heterocycles. The van der Waals surface area contributed by atoms with Gasteiger partial charge < -0.3 is 15.2 Å². The highest BCUT2D eigenvalue weighted by molar-refractivity contribution is 5.74. The molecule has 0 heterocycles. The van der Waals surface area contributed by atoms with Crippen molar-refractivity contribution >= 4 is 5.97 Å². The minimum Gasteiger partial charge on any atom is -0.479 e.